The molecule has 0 spiro atoms. The van der Waals surface area contributed by atoms with Gasteiger partial charge in [0.25, 0.3) is 5.91 Å². The van der Waals surface area contributed by atoms with Crippen LogP contribution in [0.2, 0.25) is 0 Å². The van der Waals surface area contributed by atoms with E-state index in [0.29, 0.717) is 45.0 Å². The van der Waals surface area contributed by atoms with Crippen molar-refractivity contribution in [3.8, 4) is 0 Å². The molecule has 0 radical (unpaired) electrons. The predicted octanol–water partition coefficient (Wildman–Crippen LogP) is 1.06. The molecule has 2 fully saturated rings. The summed E-state index contributed by atoms with van der Waals surface area (Å²) in [7, 11) is 0. The van der Waals surface area contributed by atoms with E-state index < -0.39 is 0 Å². The van der Waals surface area contributed by atoms with E-state index in [1.165, 1.54) is 6.26 Å². The Morgan fingerprint density at radius 1 is 1.08 bits per heavy atom. The number of hydrogen-bond donors (Lipinski definition) is 0. The van der Waals surface area contributed by atoms with E-state index >= 15 is 0 Å². The third kappa shape index (κ3) is 4.04. The van der Waals surface area contributed by atoms with Crippen molar-refractivity contribution < 1.29 is 18.7 Å². The smallest absolute Gasteiger partial charge is 0.289 e. The van der Waals surface area contributed by atoms with Crippen LogP contribution in [0, 0.1) is 0 Å². The summed E-state index contributed by atoms with van der Waals surface area (Å²) in [5.41, 5.74) is 0. The molecule has 3 heterocycles. The molecule has 2 aliphatic rings. The third-order valence-electron chi connectivity index (χ3n) is 4.97. The summed E-state index contributed by atoms with van der Waals surface area (Å²) < 4.78 is 10.9. The lowest BCUT2D eigenvalue weighted by Crippen LogP contribution is -2.58. The van der Waals surface area contributed by atoms with E-state index in [2.05, 4.69) is 4.90 Å². The van der Waals surface area contributed by atoms with E-state index in [4.69, 9.17) is 9.15 Å². The number of carbonyl (C=O) groups is 2. The summed E-state index contributed by atoms with van der Waals surface area (Å²) in [6.07, 6.45) is 1.65. The largest absolute Gasteiger partial charge is 0.459 e. The van der Waals surface area contributed by atoms with Crippen LogP contribution in [0.3, 0.4) is 0 Å². The highest BCUT2D eigenvalue weighted by atomic mass is 16.5. The van der Waals surface area contributed by atoms with E-state index in [1.54, 1.807) is 17.0 Å². The summed E-state index contributed by atoms with van der Waals surface area (Å²) in [4.78, 5) is 31.0. The van der Waals surface area contributed by atoms with Crippen LogP contribution in [0.15, 0.2) is 22.8 Å². The zero-order valence-electron chi connectivity index (χ0n) is 15.2. The standard InChI is InChI=1S/C18H27N3O4/c1-13-11-21(12-14(2)25-13)17(22)15(3)19-6-8-20(9-7-19)18(23)16-5-4-10-24-16/h4-5,10,13-15H,6-9,11-12H2,1-3H3. The molecule has 7 heteroatoms. The molecule has 3 atom stereocenters. The lowest BCUT2D eigenvalue weighted by molar-refractivity contribution is -0.148. The summed E-state index contributed by atoms with van der Waals surface area (Å²) >= 11 is 0. The number of carbonyl (C=O) groups excluding carboxylic acids is 2. The second-order valence-corrected chi connectivity index (χ2v) is 6.98. The van der Waals surface area contributed by atoms with Crippen LogP contribution >= 0.6 is 0 Å². The summed E-state index contributed by atoms with van der Waals surface area (Å²) in [6, 6.07) is 3.22. The number of piperazine rings is 1. The Balaban J connectivity index is 1.53. The normalized spacial score (nSPS) is 26.5. The summed E-state index contributed by atoms with van der Waals surface area (Å²) in [5.74, 6) is 0.432. The van der Waals surface area contributed by atoms with Gasteiger partial charge in [-0.2, -0.15) is 0 Å². The SMILES string of the molecule is CC1CN(C(=O)C(C)N2CCN(C(=O)c3ccco3)CC2)CC(C)O1. The minimum absolute atomic E-state index is 0.0719. The van der Waals surface area contributed by atoms with Crippen LogP contribution in [0.5, 0.6) is 0 Å². The number of rotatable bonds is 3. The molecule has 2 aliphatic heterocycles. The minimum atomic E-state index is -0.182. The number of furan rings is 1. The molecule has 2 amide bonds. The molecule has 0 N–H and O–H groups in total. The number of amides is 2. The molecular weight excluding hydrogens is 322 g/mol. The van der Waals surface area contributed by atoms with Crippen LogP contribution in [-0.4, -0.2) is 84.0 Å². The molecular formula is C18H27N3O4. The van der Waals surface area contributed by atoms with Crippen molar-refractivity contribution in [3.63, 3.8) is 0 Å². The van der Waals surface area contributed by atoms with Crippen molar-refractivity contribution in [1.82, 2.24) is 14.7 Å². The van der Waals surface area contributed by atoms with E-state index in [0.717, 1.165) is 0 Å². The molecule has 3 unspecified atom stereocenters. The van der Waals surface area contributed by atoms with Gasteiger partial charge in [-0.1, -0.05) is 0 Å². The van der Waals surface area contributed by atoms with Crippen LogP contribution in [0.1, 0.15) is 31.3 Å². The molecule has 1 aromatic heterocycles. The van der Waals surface area contributed by atoms with Gasteiger partial charge < -0.3 is 19.0 Å². The van der Waals surface area contributed by atoms with Gasteiger partial charge in [0.1, 0.15) is 0 Å². The molecule has 1 aromatic rings. The first-order chi connectivity index (χ1) is 12.0. The van der Waals surface area contributed by atoms with Gasteiger partial charge in [0, 0.05) is 39.3 Å². The van der Waals surface area contributed by atoms with Gasteiger partial charge in [0.2, 0.25) is 5.91 Å². The molecule has 25 heavy (non-hydrogen) atoms. The van der Waals surface area contributed by atoms with Crippen molar-refractivity contribution in [2.24, 2.45) is 0 Å². The van der Waals surface area contributed by atoms with Crippen LogP contribution < -0.4 is 0 Å². The Labute approximate surface area is 148 Å². The molecule has 0 aliphatic carbocycles. The van der Waals surface area contributed by atoms with E-state index in [9.17, 15) is 9.59 Å². The quantitative estimate of drug-likeness (QED) is 0.816. The van der Waals surface area contributed by atoms with E-state index in [-0.39, 0.29) is 30.1 Å². The van der Waals surface area contributed by atoms with E-state index in [1.807, 2.05) is 25.7 Å². The Morgan fingerprint density at radius 2 is 1.72 bits per heavy atom. The molecule has 7 nitrogen and oxygen atoms in total. The first kappa shape index (κ1) is 17.9. The first-order valence-corrected chi connectivity index (χ1v) is 8.96. The maximum absolute atomic E-state index is 12.8. The van der Waals surface area contributed by atoms with Crippen molar-refractivity contribution in [2.45, 2.75) is 39.0 Å². The zero-order chi connectivity index (χ0) is 18.0. The van der Waals surface area contributed by atoms with Crippen LogP contribution in [-0.2, 0) is 9.53 Å². The fourth-order valence-corrected chi connectivity index (χ4v) is 3.65. The second-order valence-electron chi connectivity index (χ2n) is 6.98. The minimum Gasteiger partial charge on any atom is -0.459 e. The number of ether oxygens (including phenoxy) is 1. The third-order valence-corrected chi connectivity index (χ3v) is 4.97. The average Bonchev–Trinajstić information content (AvgIpc) is 3.14. The summed E-state index contributed by atoms with van der Waals surface area (Å²) in [6.45, 7) is 9.83. The molecule has 0 saturated carbocycles. The second kappa shape index (κ2) is 7.58. The lowest BCUT2D eigenvalue weighted by Gasteiger charge is -2.41. The zero-order valence-corrected chi connectivity index (χ0v) is 15.2. The first-order valence-electron chi connectivity index (χ1n) is 8.96. The van der Waals surface area contributed by atoms with Gasteiger partial charge >= 0.3 is 0 Å². The Kier molecular flexibility index (Phi) is 5.44. The van der Waals surface area contributed by atoms with Crippen molar-refractivity contribution in [2.75, 3.05) is 39.3 Å². The molecule has 0 bridgehead atoms. The summed E-state index contributed by atoms with van der Waals surface area (Å²) in [5, 5.41) is 0. The highest BCUT2D eigenvalue weighted by Crippen LogP contribution is 2.16. The van der Waals surface area contributed by atoms with Crippen molar-refractivity contribution in [1.29, 1.82) is 0 Å². The molecule has 2 saturated heterocycles. The maximum atomic E-state index is 12.8. The monoisotopic (exact) mass is 349 g/mol. The van der Waals surface area contributed by atoms with Gasteiger partial charge in [-0.05, 0) is 32.9 Å². The Bertz CT molecular complexity index is 585. The maximum Gasteiger partial charge on any atom is 0.289 e. The molecule has 138 valence electrons. The van der Waals surface area contributed by atoms with Crippen molar-refractivity contribution in [3.05, 3.63) is 24.2 Å². The number of morpholine rings is 1. The Morgan fingerprint density at radius 3 is 2.28 bits per heavy atom. The fourth-order valence-electron chi connectivity index (χ4n) is 3.65. The average molecular weight is 349 g/mol. The fraction of sp³-hybridized carbons (Fsp3) is 0.667. The van der Waals surface area contributed by atoms with Gasteiger partial charge in [-0.15, -0.1) is 0 Å². The van der Waals surface area contributed by atoms with Gasteiger partial charge in [0.15, 0.2) is 5.76 Å². The number of nitrogens with zero attached hydrogens (tertiary/aromatic N) is 3. The molecule has 0 aromatic carbocycles. The predicted molar refractivity (Wildman–Crippen MR) is 92.2 cm³/mol. The Hall–Kier alpha value is -1.86. The van der Waals surface area contributed by atoms with Gasteiger partial charge in [-0.25, -0.2) is 0 Å². The van der Waals surface area contributed by atoms with Crippen molar-refractivity contribution >= 4 is 11.8 Å². The topological polar surface area (TPSA) is 66.2 Å². The lowest BCUT2D eigenvalue weighted by atomic mass is 10.1. The van der Waals surface area contributed by atoms with Crippen LogP contribution in [0.4, 0.5) is 0 Å². The number of hydrogen-bond acceptors (Lipinski definition) is 5. The molecule has 3 rings (SSSR count). The highest BCUT2D eigenvalue weighted by Gasteiger charge is 2.33. The highest BCUT2D eigenvalue weighted by molar-refractivity contribution is 5.91. The van der Waals surface area contributed by atoms with Gasteiger partial charge in [-0.3, -0.25) is 14.5 Å². The van der Waals surface area contributed by atoms with Crippen LogP contribution in [0.25, 0.3) is 0 Å². The van der Waals surface area contributed by atoms with Gasteiger partial charge in [0.05, 0.1) is 24.5 Å².